The van der Waals surface area contributed by atoms with E-state index in [-0.39, 0.29) is 29.1 Å². The second-order valence-electron chi connectivity index (χ2n) is 7.39. The van der Waals surface area contributed by atoms with Crippen LogP contribution in [0.25, 0.3) is 0 Å². The number of Topliss-reactive ketones (excluding diaryl/α,β-unsaturated/α-hetero) is 1. The molecule has 2 N–H and O–H groups in total. The number of aryl methyl sites for hydroxylation is 2. The Balaban J connectivity index is 1.54. The molecule has 8 nitrogen and oxygen atoms in total. The molecule has 1 saturated heterocycles. The van der Waals surface area contributed by atoms with E-state index in [0.717, 1.165) is 22.6 Å². The van der Waals surface area contributed by atoms with Crippen LogP contribution >= 0.6 is 11.3 Å². The van der Waals surface area contributed by atoms with Gasteiger partial charge in [0.15, 0.2) is 5.78 Å². The van der Waals surface area contributed by atoms with Crippen molar-refractivity contribution in [2.24, 2.45) is 0 Å². The molecule has 10 heteroatoms. The summed E-state index contributed by atoms with van der Waals surface area (Å²) in [7, 11) is -3.64. The molecule has 1 fully saturated rings. The van der Waals surface area contributed by atoms with Gasteiger partial charge in [0.05, 0.1) is 4.90 Å². The zero-order valence-electron chi connectivity index (χ0n) is 17.4. The number of nitrogens with one attached hydrogen (secondary N) is 2. The number of amides is 2. The van der Waals surface area contributed by atoms with Crippen LogP contribution in [0.5, 0.6) is 0 Å². The van der Waals surface area contributed by atoms with Crippen LogP contribution in [-0.4, -0.2) is 43.4 Å². The second-order valence-corrected chi connectivity index (χ2v) is 10.8. The summed E-state index contributed by atoms with van der Waals surface area (Å²) in [6.45, 7) is 4.72. The van der Waals surface area contributed by atoms with E-state index >= 15 is 0 Å². The number of rotatable bonds is 7. The summed E-state index contributed by atoms with van der Waals surface area (Å²) < 4.78 is 26.7. The normalized spacial score (nSPS) is 14.4. The molecule has 0 radical (unpaired) electrons. The summed E-state index contributed by atoms with van der Waals surface area (Å²) in [4.78, 5) is 38.6. The van der Waals surface area contributed by atoms with Crippen LogP contribution in [-0.2, 0) is 14.8 Å². The molecule has 1 aliphatic heterocycles. The number of thiophene rings is 1. The fraction of sp³-hybridized carbons (Fsp3) is 0.381. The summed E-state index contributed by atoms with van der Waals surface area (Å²) in [6, 6.07) is 7.51. The number of carbonyl (C=O) groups is 3. The first-order chi connectivity index (χ1) is 14.7. The Kier molecular flexibility index (Phi) is 7.24. The van der Waals surface area contributed by atoms with Crippen molar-refractivity contribution in [3.05, 3.63) is 51.2 Å². The highest BCUT2D eigenvalue weighted by Gasteiger charge is 2.27. The second kappa shape index (κ2) is 9.71. The van der Waals surface area contributed by atoms with Gasteiger partial charge in [-0.1, -0.05) is 6.07 Å². The first-order valence-corrected chi connectivity index (χ1v) is 12.2. The summed E-state index contributed by atoms with van der Waals surface area (Å²) in [6.07, 6.45) is 1.60. The number of carbonyl (C=O) groups excluding carboxylic acids is 3. The molecule has 1 aromatic heterocycles. The Labute approximate surface area is 185 Å². The molecule has 0 atom stereocenters. The summed E-state index contributed by atoms with van der Waals surface area (Å²) in [5.41, 5.74) is 5.28. The lowest BCUT2D eigenvalue weighted by Gasteiger charge is -2.16. The molecule has 0 saturated carbocycles. The van der Waals surface area contributed by atoms with Crippen molar-refractivity contribution in [2.45, 2.75) is 44.4 Å². The van der Waals surface area contributed by atoms with Crippen LogP contribution < -0.4 is 10.9 Å². The largest absolute Gasteiger partial charge is 0.294 e. The van der Waals surface area contributed by atoms with Crippen molar-refractivity contribution < 1.29 is 22.8 Å². The smallest absolute Gasteiger partial charge is 0.269 e. The van der Waals surface area contributed by atoms with E-state index in [4.69, 9.17) is 0 Å². The van der Waals surface area contributed by atoms with Gasteiger partial charge in [0.1, 0.15) is 0 Å². The van der Waals surface area contributed by atoms with Crippen molar-refractivity contribution in [3.63, 3.8) is 0 Å². The molecular weight excluding hydrogens is 438 g/mol. The molecule has 166 valence electrons. The number of hydrogen-bond donors (Lipinski definition) is 2. The SMILES string of the molecule is Cc1cc(C(=O)CCC(=O)NNC(=O)c2cccc(S(=O)(=O)N3CCCC3)c2)c(C)s1. The van der Waals surface area contributed by atoms with Crippen molar-refractivity contribution in [2.75, 3.05) is 13.1 Å². The van der Waals surface area contributed by atoms with Gasteiger partial charge in [-0.3, -0.25) is 25.2 Å². The highest BCUT2D eigenvalue weighted by molar-refractivity contribution is 7.89. The molecule has 1 aromatic carbocycles. The molecule has 0 unspecified atom stereocenters. The maximum atomic E-state index is 12.7. The number of ketones is 1. The molecular formula is C21H25N3O5S2. The number of sulfonamides is 1. The van der Waals surface area contributed by atoms with E-state index in [0.29, 0.717) is 18.7 Å². The lowest BCUT2D eigenvalue weighted by molar-refractivity contribution is -0.121. The highest BCUT2D eigenvalue weighted by Crippen LogP contribution is 2.23. The molecule has 2 aromatic rings. The predicted molar refractivity (Wildman–Crippen MR) is 117 cm³/mol. The zero-order chi connectivity index (χ0) is 22.6. The average molecular weight is 464 g/mol. The molecule has 2 amide bonds. The van der Waals surface area contributed by atoms with E-state index in [9.17, 15) is 22.8 Å². The van der Waals surface area contributed by atoms with E-state index in [1.54, 1.807) is 0 Å². The minimum Gasteiger partial charge on any atom is -0.294 e. The van der Waals surface area contributed by atoms with Gasteiger partial charge < -0.3 is 0 Å². The number of nitrogens with zero attached hydrogens (tertiary/aromatic N) is 1. The van der Waals surface area contributed by atoms with Gasteiger partial charge in [-0.2, -0.15) is 4.31 Å². The topological polar surface area (TPSA) is 113 Å². The summed E-state index contributed by atoms with van der Waals surface area (Å²) >= 11 is 1.53. The van der Waals surface area contributed by atoms with Crippen LogP contribution in [0, 0.1) is 13.8 Å². The van der Waals surface area contributed by atoms with E-state index < -0.39 is 21.8 Å². The molecule has 0 spiro atoms. The van der Waals surface area contributed by atoms with E-state index in [1.807, 2.05) is 19.9 Å². The molecule has 2 heterocycles. The van der Waals surface area contributed by atoms with Gasteiger partial charge >= 0.3 is 0 Å². The maximum absolute atomic E-state index is 12.7. The van der Waals surface area contributed by atoms with Crippen LogP contribution in [0.3, 0.4) is 0 Å². The number of benzene rings is 1. The first kappa shape index (κ1) is 23.1. The molecule has 0 bridgehead atoms. The van der Waals surface area contributed by atoms with Gasteiger partial charge in [0.25, 0.3) is 5.91 Å². The monoisotopic (exact) mass is 463 g/mol. The van der Waals surface area contributed by atoms with E-state index in [1.165, 1.54) is 39.9 Å². The fourth-order valence-corrected chi connectivity index (χ4v) is 5.91. The molecule has 3 rings (SSSR count). The van der Waals surface area contributed by atoms with Gasteiger partial charge in [-0.15, -0.1) is 11.3 Å². The Morgan fingerprint density at radius 1 is 1.03 bits per heavy atom. The third-order valence-electron chi connectivity index (χ3n) is 5.03. The number of hydrogen-bond acceptors (Lipinski definition) is 6. The van der Waals surface area contributed by atoms with Crippen molar-refractivity contribution in [3.8, 4) is 0 Å². The van der Waals surface area contributed by atoms with Crippen LogP contribution in [0.1, 0.15) is 56.2 Å². The third-order valence-corrected chi connectivity index (χ3v) is 7.90. The van der Waals surface area contributed by atoms with Gasteiger partial charge in [-0.05, 0) is 51.0 Å². The minimum atomic E-state index is -3.64. The third kappa shape index (κ3) is 5.57. The molecule has 1 aliphatic rings. The van der Waals surface area contributed by atoms with Gasteiger partial charge in [0, 0.05) is 46.8 Å². The Morgan fingerprint density at radius 3 is 2.39 bits per heavy atom. The maximum Gasteiger partial charge on any atom is 0.269 e. The Bertz CT molecular complexity index is 1100. The van der Waals surface area contributed by atoms with Crippen LogP contribution in [0.15, 0.2) is 35.2 Å². The van der Waals surface area contributed by atoms with Gasteiger partial charge in [0.2, 0.25) is 15.9 Å². The lowest BCUT2D eigenvalue weighted by Crippen LogP contribution is -2.41. The lowest BCUT2D eigenvalue weighted by atomic mass is 10.1. The van der Waals surface area contributed by atoms with E-state index in [2.05, 4.69) is 10.9 Å². The Hall–Kier alpha value is -2.56. The molecule has 0 aliphatic carbocycles. The highest BCUT2D eigenvalue weighted by atomic mass is 32.2. The fourth-order valence-electron chi connectivity index (χ4n) is 3.41. The van der Waals surface area contributed by atoms with Crippen LogP contribution in [0.2, 0.25) is 0 Å². The van der Waals surface area contributed by atoms with Crippen molar-refractivity contribution in [1.82, 2.24) is 15.2 Å². The Morgan fingerprint density at radius 2 is 1.74 bits per heavy atom. The molecule has 31 heavy (non-hydrogen) atoms. The van der Waals surface area contributed by atoms with Crippen molar-refractivity contribution >= 4 is 39.0 Å². The quantitative estimate of drug-likeness (QED) is 0.484. The van der Waals surface area contributed by atoms with Crippen LogP contribution in [0.4, 0.5) is 0 Å². The average Bonchev–Trinajstić information content (AvgIpc) is 3.40. The summed E-state index contributed by atoms with van der Waals surface area (Å²) in [5.74, 6) is -1.27. The standard InChI is InChI=1S/C21H25N3O5S2/c1-14-12-18(15(2)30-14)19(25)8-9-20(26)22-23-21(27)16-6-5-7-17(13-16)31(28,29)24-10-3-4-11-24/h5-7,12-13H,3-4,8-11H2,1-2H3,(H,22,26)(H,23,27). The summed E-state index contributed by atoms with van der Waals surface area (Å²) in [5, 5.41) is 0. The minimum absolute atomic E-state index is 0.0300. The van der Waals surface area contributed by atoms with Crippen molar-refractivity contribution in [1.29, 1.82) is 0 Å². The predicted octanol–water partition coefficient (Wildman–Crippen LogP) is 2.57. The number of hydrazine groups is 1. The zero-order valence-corrected chi connectivity index (χ0v) is 19.1. The first-order valence-electron chi connectivity index (χ1n) is 9.98. The van der Waals surface area contributed by atoms with Gasteiger partial charge in [-0.25, -0.2) is 8.42 Å².